The van der Waals surface area contributed by atoms with Crippen molar-refractivity contribution in [2.45, 2.75) is 73.0 Å². The van der Waals surface area contributed by atoms with Crippen LogP contribution in [0.25, 0.3) is 44.5 Å². The van der Waals surface area contributed by atoms with Crippen LogP contribution in [0, 0.1) is 17.7 Å². The molecule has 235 valence electrons. The number of nitrogens with zero attached hydrogens (tertiary/aromatic N) is 3. The second-order valence-electron chi connectivity index (χ2n) is 14.8. The molecule has 0 unspecified atom stereocenters. The second-order valence-corrected chi connectivity index (χ2v) is 19.8. The van der Waals surface area contributed by atoms with Crippen molar-refractivity contribution in [1.82, 2.24) is 15.0 Å². The topological polar surface area (TPSA) is 51.8 Å². The van der Waals surface area contributed by atoms with Gasteiger partial charge >= 0.3 is 0 Å². The van der Waals surface area contributed by atoms with Gasteiger partial charge < -0.3 is 19.4 Å². The second kappa shape index (κ2) is 13.5. The predicted molar refractivity (Wildman–Crippen MR) is 187 cm³/mol. The SMILES string of the molecule is CC(C)(C)Cc1cc(-c2[c-]cccc2)ncc1[Si](C)(C)C.CC(C)(C)c1ccnc(-c2[c-]ncc3c2oc2ccccc23)c1.[Ir]. The molecule has 1 radical (unpaired) electrons. The van der Waals surface area contributed by atoms with Crippen LogP contribution < -0.4 is 5.19 Å². The average Bonchev–Trinajstić information content (AvgIpc) is 3.35. The third-order valence-electron chi connectivity index (χ3n) is 7.62. The third kappa shape index (κ3) is 8.24. The number of fused-ring (bicyclic) bond motifs is 3. The van der Waals surface area contributed by atoms with Crippen LogP contribution in [0.15, 0.2) is 89.7 Å². The smallest absolute Gasteiger partial charge is 0.121 e. The minimum atomic E-state index is -1.37. The minimum Gasteiger partial charge on any atom is -0.500 e. The Morgan fingerprint density at radius 1 is 0.800 bits per heavy atom. The molecule has 0 spiro atoms. The van der Waals surface area contributed by atoms with Crippen LogP contribution in [0.4, 0.5) is 0 Å². The monoisotopic (exact) mass is 790 g/mol. The van der Waals surface area contributed by atoms with Crippen molar-refractivity contribution in [3.8, 4) is 22.5 Å². The molecule has 0 atom stereocenters. The maximum atomic E-state index is 6.05. The Hall–Kier alpha value is -3.44. The van der Waals surface area contributed by atoms with Gasteiger partial charge in [-0.1, -0.05) is 103 Å². The molecule has 0 saturated heterocycles. The summed E-state index contributed by atoms with van der Waals surface area (Å²) in [6, 6.07) is 25.8. The number of para-hydroxylation sites is 1. The van der Waals surface area contributed by atoms with Gasteiger partial charge in [0.15, 0.2) is 0 Å². The van der Waals surface area contributed by atoms with Crippen molar-refractivity contribution >= 4 is 35.2 Å². The fourth-order valence-electron chi connectivity index (χ4n) is 5.39. The number of aromatic nitrogens is 3. The zero-order valence-corrected chi connectivity index (χ0v) is 31.3. The van der Waals surface area contributed by atoms with Crippen molar-refractivity contribution in [3.05, 3.63) is 109 Å². The summed E-state index contributed by atoms with van der Waals surface area (Å²) >= 11 is 0. The van der Waals surface area contributed by atoms with E-state index in [0.717, 1.165) is 50.9 Å². The summed E-state index contributed by atoms with van der Waals surface area (Å²) in [4.78, 5) is 13.5. The third-order valence-corrected chi connectivity index (χ3v) is 9.68. The van der Waals surface area contributed by atoms with Crippen molar-refractivity contribution < 1.29 is 24.5 Å². The summed E-state index contributed by atoms with van der Waals surface area (Å²) in [7, 11) is -1.37. The first-order chi connectivity index (χ1) is 20.7. The van der Waals surface area contributed by atoms with Crippen molar-refractivity contribution in [3.63, 3.8) is 0 Å². The molecule has 0 saturated carbocycles. The molecule has 6 rings (SSSR count). The first-order valence-electron chi connectivity index (χ1n) is 15.3. The molecule has 0 N–H and O–H groups in total. The van der Waals surface area contributed by atoms with Gasteiger partial charge in [-0.25, -0.2) is 0 Å². The van der Waals surface area contributed by atoms with E-state index in [1.807, 2.05) is 48.7 Å². The van der Waals surface area contributed by atoms with E-state index in [-0.39, 0.29) is 30.9 Å². The van der Waals surface area contributed by atoms with E-state index in [1.165, 1.54) is 16.3 Å². The molecule has 0 aliphatic heterocycles. The largest absolute Gasteiger partial charge is 0.500 e. The molecule has 6 aromatic rings. The maximum Gasteiger partial charge on any atom is 0.121 e. The average molecular weight is 790 g/mol. The van der Waals surface area contributed by atoms with E-state index >= 15 is 0 Å². The van der Waals surface area contributed by atoms with E-state index in [0.29, 0.717) is 0 Å². The van der Waals surface area contributed by atoms with E-state index in [9.17, 15) is 0 Å². The van der Waals surface area contributed by atoms with Gasteiger partial charge in [0.25, 0.3) is 0 Å². The molecular weight excluding hydrogens is 747 g/mol. The number of pyridine rings is 3. The molecule has 4 aromatic heterocycles. The number of benzene rings is 2. The number of furan rings is 1. The van der Waals surface area contributed by atoms with E-state index < -0.39 is 8.07 Å². The van der Waals surface area contributed by atoms with Crippen LogP contribution in [-0.2, 0) is 31.9 Å². The van der Waals surface area contributed by atoms with Crippen LogP contribution in [0.2, 0.25) is 19.6 Å². The quantitative estimate of drug-likeness (QED) is 0.132. The molecule has 0 amide bonds. The Labute approximate surface area is 283 Å². The molecular formula is C39H43IrN3OSi-2. The van der Waals surface area contributed by atoms with Crippen LogP contribution in [-0.4, -0.2) is 23.0 Å². The molecule has 0 bridgehead atoms. The molecule has 6 heteroatoms. The molecule has 2 aromatic carbocycles. The Morgan fingerprint density at radius 3 is 2.20 bits per heavy atom. The summed E-state index contributed by atoms with van der Waals surface area (Å²) in [5.74, 6) is 0. The minimum absolute atomic E-state index is 0. The van der Waals surface area contributed by atoms with Gasteiger partial charge in [0.2, 0.25) is 0 Å². The summed E-state index contributed by atoms with van der Waals surface area (Å²) in [5, 5.41) is 3.55. The summed E-state index contributed by atoms with van der Waals surface area (Å²) in [5.41, 5.74) is 8.45. The van der Waals surface area contributed by atoms with Gasteiger partial charge in [-0.2, -0.15) is 0 Å². The van der Waals surface area contributed by atoms with Gasteiger partial charge in [0, 0.05) is 37.9 Å². The molecule has 0 aliphatic rings. The van der Waals surface area contributed by atoms with E-state index in [2.05, 4.69) is 114 Å². The fraction of sp³-hybridized carbons (Fsp3) is 0.308. The number of hydrogen-bond donors (Lipinski definition) is 0. The van der Waals surface area contributed by atoms with Crippen LogP contribution in [0.1, 0.15) is 52.7 Å². The van der Waals surface area contributed by atoms with Crippen LogP contribution in [0.3, 0.4) is 0 Å². The van der Waals surface area contributed by atoms with Crippen molar-refractivity contribution in [2.75, 3.05) is 0 Å². The van der Waals surface area contributed by atoms with E-state index in [4.69, 9.17) is 9.40 Å². The molecule has 4 heterocycles. The zero-order chi connectivity index (χ0) is 31.7. The summed E-state index contributed by atoms with van der Waals surface area (Å²) in [6.07, 6.45) is 9.91. The Bertz CT molecular complexity index is 1890. The molecule has 0 aliphatic carbocycles. The van der Waals surface area contributed by atoms with Crippen molar-refractivity contribution in [2.24, 2.45) is 5.41 Å². The van der Waals surface area contributed by atoms with E-state index in [1.54, 1.807) is 6.20 Å². The maximum absolute atomic E-state index is 6.05. The molecule has 0 fully saturated rings. The van der Waals surface area contributed by atoms with Gasteiger partial charge in [0.1, 0.15) is 5.58 Å². The van der Waals surface area contributed by atoms with Gasteiger partial charge in [0.05, 0.1) is 13.7 Å². The Kier molecular flexibility index (Phi) is 10.3. The number of rotatable bonds is 4. The van der Waals surface area contributed by atoms with Crippen molar-refractivity contribution in [1.29, 1.82) is 0 Å². The number of hydrogen-bond acceptors (Lipinski definition) is 4. The van der Waals surface area contributed by atoms with Gasteiger partial charge in [-0.3, -0.25) is 0 Å². The zero-order valence-electron chi connectivity index (χ0n) is 27.9. The van der Waals surface area contributed by atoms with Gasteiger partial charge in [-0.05, 0) is 69.3 Å². The molecule has 45 heavy (non-hydrogen) atoms. The van der Waals surface area contributed by atoms with Crippen LogP contribution in [0.5, 0.6) is 0 Å². The first kappa shape index (κ1) is 34.4. The Balaban J connectivity index is 0.000000201. The summed E-state index contributed by atoms with van der Waals surface area (Å²) < 4.78 is 6.05. The predicted octanol–water partition coefficient (Wildman–Crippen LogP) is 9.82. The summed E-state index contributed by atoms with van der Waals surface area (Å²) in [6.45, 7) is 20.7. The fourth-order valence-corrected chi connectivity index (χ4v) is 6.96. The first-order valence-corrected chi connectivity index (χ1v) is 18.8. The Morgan fingerprint density at radius 2 is 1.53 bits per heavy atom. The van der Waals surface area contributed by atoms with Gasteiger partial charge in [-0.15, -0.1) is 35.9 Å². The standard InChI is InChI=1S/C20H17N2O.C19H26NSi.Ir/c1-20(2,3)13-8-9-22-17(10-13)16-12-21-11-15-14-6-4-5-7-18(14)23-19(15)16;1-19(2,3)13-16-12-17(15-10-8-7-9-11-15)20-14-18(16)21(4,5)6;/h4-11H,1-3H3;7-10,12,14H,13H2,1-6H3;/q2*-1;. The molecule has 4 nitrogen and oxygen atoms in total. The normalized spacial score (nSPS) is 12.0. The van der Waals surface area contributed by atoms with Crippen LogP contribution >= 0.6 is 0 Å².